The number of hydrogen-bond donors (Lipinski definition) is 1. The molecule has 5 heteroatoms. The number of nitrogens with two attached hydrogens (primary N) is 1. The first-order chi connectivity index (χ1) is 10.7. The molecule has 110 valence electrons. The van der Waals surface area contributed by atoms with Gasteiger partial charge in [0.05, 0.1) is 10.6 Å². The Morgan fingerprint density at radius 3 is 2.23 bits per heavy atom. The van der Waals surface area contributed by atoms with Crippen LogP contribution in [0.5, 0.6) is 0 Å². The van der Waals surface area contributed by atoms with Crippen LogP contribution in [0.15, 0.2) is 65.6 Å². The van der Waals surface area contributed by atoms with E-state index in [-0.39, 0.29) is 5.91 Å². The molecule has 3 nitrogen and oxygen atoms in total. The summed E-state index contributed by atoms with van der Waals surface area (Å²) in [7, 11) is 0. The van der Waals surface area contributed by atoms with E-state index in [9.17, 15) is 4.79 Å². The summed E-state index contributed by atoms with van der Waals surface area (Å²) in [6, 6.07) is 19.1. The van der Waals surface area contributed by atoms with Gasteiger partial charge in [-0.2, -0.15) is 0 Å². The van der Waals surface area contributed by atoms with Gasteiger partial charge < -0.3 is 5.73 Å². The van der Waals surface area contributed by atoms with E-state index < -0.39 is 0 Å². The van der Waals surface area contributed by atoms with E-state index in [1.807, 2.05) is 60.7 Å². The number of hydrogen-bond acceptors (Lipinski definition) is 4. The smallest absolute Gasteiger partial charge is 0.271 e. The summed E-state index contributed by atoms with van der Waals surface area (Å²) in [5, 5.41) is 0. The van der Waals surface area contributed by atoms with E-state index in [2.05, 4.69) is 0 Å². The molecule has 2 aromatic carbocycles. The summed E-state index contributed by atoms with van der Waals surface area (Å²) in [6.07, 6.45) is 0. The topological polar surface area (TPSA) is 46.3 Å². The van der Waals surface area contributed by atoms with Crippen LogP contribution in [0.4, 0.5) is 5.69 Å². The maximum absolute atomic E-state index is 12.8. The fourth-order valence-corrected chi connectivity index (χ4v) is 3.73. The summed E-state index contributed by atoms with van der Waals surface area (Å²) in [6.45, 7) is 0.295. The second kappa shape index (κ2) is 6.44. The Kier molecular flexibility index (Phi) is 4.38. The molecule has 0 spiro atoms. The number of anilines is 1. The van der Waals surface area contributed by atoms with Crippen molar-refractivity contribution in [3.05, 3.63) is 71.1 Å². The predicted molar refractivity (Wildman–Crippen MR) is 96.5 cm³/mol. The summed E-state index contributed by atoms with van der Waals surface area (Å²) < 4.78 is 0.535. The van der Waals surface area contributed by atoms with Crippen LogP contribution in [0, 0.1) is 0 Å². The van der Waals surface area contributed by atoms with E-state index in [1.54, 1.807) is 4.90 Å². The van der Waals surface area contributed by atoms with E-state index in [4.69, 9.17) is 18.0 Å². The minimum Gasteiger partial charge on any atom is -0.326 e. The molecule has 0 unspecified atom stereocenters. The molecular formula is C17H14N2OS2. The molecule has 1 aliphatic heterocycles. The standard InChI is InChI=1S/C17H14N2OS2/c18-11-14(12-7-3-1-4-8-12)15-16(20)19(17(21)22-15)13-9-5-2-6-10-13/h1-10H,11,18H2/b15-14-. The molecule has 1 amide bonds. The highest BCUT2D eigenvalue weighted by Crippen LogP contribution is 2.38. The van der Waals surface area contributed by atoms with Crippen molar-refractivity contribution in [1.29, 1.82) is 0 Å². The number of thiocarbonyl (C=S) groups is 1. The monoisotopic (exact) mass is 326 g/mol. The van der Waals surface area contributed by atoms with Crippen LogP contribution < -0.4 is 10.6 Å². The number of nitrogens with zero attached hydrogens (tertiary/aromatic N) is 1. The zero-order valence-corrected chi connectivity index (χ0v) is 13.4. The number of thioether (sulfide) groups is 1. The second-order valence-electron chi connectivity index (χ2n) is 4.72. The molecule has 0 aliphatic carbocycles. The van der Waals surface area contributed by atoms with Crippen molar-refractivity contribution >= 4 is 45.5 Å². The Hall–Kier alpha value is -1.95. The van der Waals surface area contributed by atoms with Gasteiger partial charge in [-0.05, 0) is 23.3 Å². The Bertz CT molecular complexity index is 742. The Morgan fingerprint density at radius 2 is 1.64 bits per heavy atom. The van der Waals surface area contributed by atoms with Crippen LogP contribution in [-0.4, -0.2) is 16.8 Å². The maximum Gasteiger partial charge on any atom is 0.271 e. The van der Waals surface area contributed by atoms with Crippen LogP contribution in [0.3, 0.4) is 0 Å². The van der Waals surface area contributed by atoms with Crippen molar-refractivity contribution in [2.75, 3.05) is 11.4 Å². The van der Waals surface area contributed by atoms with Gasteiger partial charge >= 0.3 is 0 Å². The normalized spacial score (nSPS) is 17.0. The Labute approximate surface area is 138 Å². The van der Waals surface area contributed by atoms with E-state index in [1.165, 1.54) is 11.8 Å². The first-order valence-electron chi connectivity index (χ1n) is 6.82. The predicted octanol–water partition coefficient (Wildman–Crippen LogP) is 3.42. The lowest BCUT2D eigenvalue weighted by molar-refractivity contribution is -0.113. The number of benzene rings is 2. The molecule has 0 aromatic heterocycles. The van der Waals surface area contributed by atoms with Gasteiger partial charge in [0, 0.05) is 6.54 Å². The van der Waals surface area contributed by atoms with Gasteiger partial charge in [-0.1, -0.05) is 72.5 Å². The van der Waals surface area contributed by atoms with Gasteiger partial charge in [0.25, 0.3) is 5.91 Å². The summed E-state index contributed by atoms with van der Waals surface area (Å²) in [5.41, 5.74) is 8.46. The van der Waals surface area contributed by atoms with Gasteiger partial charge in [-0.15, -0.1) is 0 Å². The first kappa shape index (κ1) is 15.0. The molecule has 1 fully saturated rings. The van der Waals surface area contributed by atoms with Crippen molar-refractivity contribution in [3.8, 4) is 0 Å². The van der Waals surface area contributed by atoms with Crippen molar-refractivity contribution in [1.82, 2.24) is 0 Å². The van der Waals surface area contributed by atoms with E-state index in [0.29, 0.717) is 15.8 Å². The molecular weight excluding hydrogens is 312 g/mol. The quantitative estimate of drug-likeness (QED) is 0.693. The maximum atomic E-state index is 12.8. The molecule has 2 N–H and O–H groups in total. The van der Waals surface area contributed by atoms with E-state index >= 15 is 0 Å². The van der Waals surface area contributed by atoms with Crippen molar-refractivity contribution in [3.63, 3.8) is 0 Å². The molecule has 22 heavy (non-hydrogen) atoms. The van der Waals surface area contributed by atoms with Crippen LogP contribution in [-0.2, 0) is 4.79 Å². The van der Waals surface area contributed by atoms with Gasteiger partial charge in [-0.3, -0.25) is 9.69 Å². The summed E-state index contributed by atoms with van der Waals surface area (Å²) >= 11 is 6.70. The van der Waals surface area contributed by atoms with Crippen LogP contribution >= 0.6 is 24.0 Å². The van der Waals surface area contributed by atoms with Gasteiger partial charge in [0.1, 0.15) is 0 Å². The van der Waals surface area contributed by atoms with Crippen molar-refractivity contribution in [2.45, 2.75) is 0 Å². The zero-order chi connectivity index (χ0) is 15.5. The SMILES string of the molecule is NC/C(=C1/SC(=S)N(c2ccccc2)C1=O)c1ccccc1. The zero-order valence-electron chi connectivity index (χ0n) is 11.7. The van der Waals surface area contributed by atoms with Gasteiger partial charge in [0.15, 0.2) is 4.32 Å². The highest BCUT2D eigenvalue weighted by atomic mass is 32.2. The number of para-hydroxylation sites is 1. The second-order valence-corrected chi connectivity index (χ2v) is 6.37. The van der Waals surface area contributed by atoms with Gasteiger partial charge in [-0.25, -0.2) is 0 Å². The van der Waals surface area contributed by atoms with Crippen LogP contribution in [0.2, 0.25) is 0 Å². The number of carbonyl (C=O) groups excluding carboxylic acids is 1. The highest BCUT2D eigenvalue weighted by Gasteiger charge is 2.35. The average Bonchev–Trinajstić information content (AvgIpc) is 2.85. The fraction of sp³-hybridized carbons (Fsp3) is 0.0588. The Morgan fingerprint density at radius 1 is 1.05 bits per heavy atom. The third-order valence-electron chi connectivity index (χ3n) is 3.38. The molecule has 2 aromatic rings. The molecule has 1 heterocycles. The molecule has 0 saturated carbocycles. The third kappa shape index (κ3) is 2.70. The lowest BCUT2D eigenvalue weighted by Crippen LogP contribution is -2.27. The number of carbonyl (C=O) groups is 1. The molecule has 0 radical (unpaired) electrons. The third-order valence-corrected chi connectivity index (χ3v) is 4.80. The summed E-state index contributed by atoms with van der Waals surface area (Å²) in [4.78, 5) is 15.0. The summed E-state index contributed by atoms with van der Waals surface area (Å²) in [5.74, 6) is -0.106. The lowest BCUT2D eigenvalue weighted by Gasteiger charge is -2.14. The molecule has 1 aliphatic rings. The largest absolute Gasteiger partial charge is 0.326 e. The van der Waals surface area contributed by atoms with Crippen LogP contribution in [0.1, 0.15) is 5.56 Å². The molecule has 1 saturated heterocycles. The molecule has 3 rings (SSSR count). The minimum atomic E-state index is -0.106. The highest BCUT2D eigenvalue weighted by molar-refractivity contribution is 8.27. The fourth-order valence-electron chi connectivity index (χ4n) is 2.33. The number of rotatable bonds is 3. The lowest BCUT2D eigenvalue weighted by atomic mass is 10.1. The van der Waals surface area contributed by atoms with E-state index in [0.717, 1.165) is 16.8 Å². The molecule has 0 bridgehead atoms. The average molecular weight is 326 g/mol. The minimum absolute atomic E-state index is 0.106. The number of amides is 1. The van der Waals surface area contributed by atoms with Crippen molar-refractivity contribution in [2.24, 2.45) is 5.73 Å². The van der Waals surface area contributed by atoms with Crippen molar-refractivity contribution < 1.29 is 4.79 Å². The Balaban J connectivity index is 2.05. The van der Waals surface area contributed by atoms with Crippen LogP contribution in [0.25, 0.3) is 5.57 Å². The first-order valence-corrected chi connectivity index (χ1v) is 8.05. The van der Waals surface area contributed by atoms with Gasteiger partial charge in [0.2, 0.25) is 0 Å². The molecule has 0 atom stereocenters.